The molecule has 0 spiro atoms. The number of thiol groups is 1. The van der Waals surface area contributed by atoms with Crippen molar-refractivity contribution >= 4 is 11.0 Å². The van der Waals surface area contributed by atoms with Crippen LogP contribution in [0.25, 0.3) is 0 Å². The van der Waals surface area contributed by atoms with Crippen molar-refractivity contribution in [2.45, 2.75) is 89.3 Å². The van der Waals surface area contributed by atoms with Gasteiger partial charge in [0.15, 0.2) is 15.9 Å². The number of aliphatic hydroxyl groups excluding tert-OH is 1. The number of hydrogen-bond donors (Lipinski definition) is 6. The van der Waals surface area contributed by atoms with Crippen molar-refractivity contribution in [1.82, 2.24) is 26.2 Å². The number of fused-ring (bicyclic) bond motifs is 2. The normalized spacial score (nSPS) is 45.2. The van der Waals surface area contributed by atoms with Crippen molar-refractivity contribution in [3.63, 3.8) is 0 Å². The summed E-state index contributed by atoms with van der Waals surface area (Å²) in [4.78, 5) is 6.82. The van der Waals surface area contributed by atoms with Gasteiger partial charge in [-0.15, -0.1) is 4.72 Å². The number of methoxy groups -OCH3 is 1. The lowest BCUT2D eigenvalue weighted by molar-refractivity contribution is -0.106. The van der Waals surface area contributed by atoms with Gasteiger partial charge in [0, 0.05) is 25.0 Å². The molecular formula is C20H36N5O4S+. The standard InChI is InChI=1S/C20H35N5O4S/c1-10-15(11(2)29-24-10)20-8-13(20)17(30(27)25-12-6-4-5-7-12)16-14(9-20)21-18(22-16)23-19(26)28-3/h10-15,18-19,21-24,26H,4-9H2,1-3H3,(H,25,27)/p+1. The molecule has 9 atom stereocenters. The van der Waals surface area contributed by atoms with Gasteiger partial charge in [0.2, 0.25) is 6.41 Å². The topological polar surface area (TPSA) is 116 Å². The van der Waals surface area contributed by atoms with Gasteiger partial charge in [0.1, 0.15) is 6.29 Å². The summed E-state index contributed by atoms with van der Waals surface area (Å²) in [5.41, 5.74) is 4.30. The molecule has 0 bridgehead atoms. The van der Waals surface area contributed by atoms with Gasteiger partial charge < -0.3 is 15.2 Å². The first kappa shape index (κ1) is 21.3. The summed E-state index contributed by atoms with van der Waals surface area (Å²) in [5.74, 6) is 0.687. The largest absolute Gasteiger partial charge is 0.356 e. The lowest BCUT2D eigenvalue weighted by atomic mass is 9.73. The predicted molar refractivity (Wildman–Crippen MR) is 114 cm³/mol. The molecule has 6 N–H and O–H groups in total. The van der Waals surface area contributed by atoms with Crippen LogP contribution in [0, 0.1) is 17.3 Å². The highest BCUT2D eigenvalue weighted by atomic mass is 32.2. The summed E-state index contributed by atoms with van der Waals surface area (Å²) >= 11 is 0. The third-order valence-corrected chi connectivity index (χ3v) is 9.47. The first-order chi connectivity index (χ1) is 14.4. The maximum Gasteiger partial charge on any atom is 0.215 e. The van der Waals surface area contributed by atoms with E-state index in [1.807, 2.05) is 0 Å². The van der Waals surface area contributed by atoms with E-state index in [0.29, 0.717) is 17.9 Å². The van der Waals surface area contributed by atoms with Gasteiger partial charge >= 0.3 is 0 Å². The zero-order valence-corrected chi connectivity index (χ0v) is 18.9. The highest BCUT2D eigenvalue weighted by Gasteiger charge is 2.70. The molecule has 5 rings (SSSR count). The molecule has 0 aromatic carbocycles. The monoisotopic (exact) mass is 442 g/mol. The van der Waals surface area contributed by atoms with Crippen LogP contribution >= 0.6 is 0 Å². The molecule has 0 aromatic heterocycles. The third kappa shape index (κ3) is 3.55. The van der Waals surface area contributed by atoms with E-state index in [0.717, 1.165) is 36.3 Å². The molecule has 30 heavy (non-hydrogen) atoms. The van der Waals surface area contributed by atoms with Crippen LogP contribution in [-0.4, -0.2) is 49.1 Å². The van der Waals surface area contributed by atoms with E-state index in [2.05, 4.69) is 40.0 Å². The van der Waals surface area contributed by atoms with Crippen molar-refractivity contribution in [3.8, 4) is 0 Å². The summed E-state index contributed by atoms with van der Waals surface area (Å²) in [7, 11) is -0.211. The number of aliphatic hydroxyl groups is 1. The molecule has 0 amide bonds. The van der Waals surface area contributed by atoms with Crippen LogP contribution < -0.4 is 26.2 Å². The van der Waals surface area contributed by atoms with Crippen LogP contribution in [0.4, 0.5) is 0 Å². The SMILES string of the molecule is COC(O)NC1NC2=C([SH+](=O)NC3CCCC3)C3CC3(C3C(C)NOC3C)CC2N1. The minimum Gasteiger partial charge on any atom is -0.356 e. The summed E-state index contributed by atoms with van der Waals surface area (Å²) in [5, 5.41) is 19.8. The van der Waals surface area contributed by atoms with E-state index in [1.54, 1.807) is 0 Å². The molecule has 2 saturated heterocycles. The van der Waals surface area contributed by atoms with Gasteiger partial charge in [-0.3, -0.25) is 10.2 Å². The van der Waals surface area contributed by atoms with Gasteiger partial charge in [-0.25, -0.2) is 5.32 Å². The number of ether oxygens (including phenoxy) is 1. The van der Waals surface area contributed by atoms with Crippen molar-refractivity contribution in [1.29, 1.82) is 0 Å². The summed E-state index contributed by atoms with van der Waals surface area (Å²) < 4.78 is 22.0. The predicted octanol–water partition coefficient (Wildman–Crippen LogP) is 0.0362. The Kier molecular flexibility index (Phi) is 5.72. The fourth-order valence-electron chi connectivity index (χ4n) is 6.56. The molecule has 0 radical (unpaired) electrons. The van der Waals surface area contributed by atoms with Gasteiger partial charge in [-0.2, -0.15) is 5.48 Å². The maximum atomic E-state index is 13.6. The van der Waals surface area contributed by atoms with Gasteiger partial charge in [0.05, 0.1) is 23.9 Å². The minimum atomic E-state index is -1.66. The second-order valence-corrected chi connectivity index (χ2v) is 11.0. The number of hydrogen-bond acceptors (Lipinski definition) is 8. The molecule has 9 unspecified atom stereocenters. The Morgan fingerprint density at radius 3 is 2.73 bits per heavy atom. The Morgan fingerprint density at radius 2 is 2.07 bits per heavy atom. The molecule has 10 heteroatoms. The molecule has 2 saturated carbocycles. The number of allylic oxidation sites excluding steroid dienone is 1. The van der Waals surface area contributed by atoms with Crippen LogP contribution in [0.2, 0.25) is 0 Å². The zero-order chi connectivity index (χ0) is 21.0. The quantitative estimate of drug-likeness (QED) is 0.186. The smallest absolute Gasteiger partial charge is 0.215 e. The van der Waals surface area contributed by atoms with Crippen molar-refractivity contribution in [2.24, 2.45) is 17.3 Å². The Labute approximate surface area is 180 Å². The van der Waals surface area contributed by atoms with Gasteiger partial charge in [-0.05, 0) is 44.9 Å². The fraction of sp³-hybridized carbons (Fsp3) is 0.900. The number of rotatable bonds is 7. The van der Waals surface area contributed by atoms with Crippen LogP contribution in [0.5, 0.6) is 0 Å². The molecule has 3 aliphatic carbocycles. The lowest BCUT2D eigenvalue weighted by Gasteiger charge is -2.34. The summed E-state index contributed by atoms with van der Waals surface area (Å²) in [6.07, 6.45) is 5.40. The van der Waals surface area contributed by atoms with E-state index in [9.17, 15) is 9.32 Å². The Hall–Kier alpha value is -0.590. The van der Waals surface area contributed by atoms with E-state index >= 15 is 0 Å². The highest BCUT2D eigenvalue weighted by molar-refractivity contribution is 7.87. The van der Waals surface area contributed by atoms with Crippen molar-refractivity contribution in [3.05, 3.63) is 10.6 Å². The average molecular weight is 443 g/mol. The number of nitrogens with one attached hydrogen (secondary N) is 5. The van der Waals surface area contributed by atoms with E-state index in [-0.39, 0.29) is 29.9 Å². The lowest BCUT2D eigenvalue weighted by Crippen LogP contribution is -2.51. The first-order valence-electron chi connectivity index (χ1n) is 11.3. The second-order valence-electron chi connectivity index (χ2n) is 9.70. The van der Waals surface area contributed by atoms with E-state index in [4.69, 9.17) is 9.57 Å². The Morgan fingerprint density at radius 1 is 1.30 bits per heavy atom. The molecule has 9 nitrogen and oxygen atoms in total. The summed E-state index contributed by atoms with van der Waals surface area (Å²) in [6.45, 7) is 4.33. The first-order valence-corrected chi connectivity index (χ1v) is 12.6. The Bertz CT molecular complexity index is 722. The molecule has 170 valence electrons. The van der Waals surface area contributed by atoms with Gasteiger partial charge in [0.25, 0.3) is 0 Å². The average Bonchev–Trinajstić information content (AvgIpc) is 3.06. The van der Waals surface area contributed by atoms with Crippen LogP contribution in [0.3, 0.4) is 0 Å². The van der Waals surface area contributed by atoms with E-state index in [1.165, 1.54) is 20.0 Å². The van der Waals surface area contributed by atoms with Crippen molar-refractivity contribution < 1.29 is 18.9 Å². The third-order valence-electron chi connectivity index (χ3n) is 7.88. The molecule has 0 aromatic rings. The highest BCUT2D eigenvalue weighted by Crippen LogP contribution is 2.69. The minimum absolute atomic E-state index is 0.0737. The van der Waals surface area contributed by atoms with Crippen LogP contribution in [0.1, 0.15) is 52.4 Å². The fourth-order valence-corrected chi connectivity index (χ4v) is 8.36. The van der Waals surface area contributed by atoms with Crippen molar-refractivity contribution in [2.75, 3.05) is 7.11 Å². The maximum absolute atomic E-state index is 13.6. The molecule has 2 heterocycles. The van der Waals surface area contributed by atoms with E-state index < -0.39 is 17.4 Å². The van der Waals surface area contributed by atoms with Gasteiger partial charge in [-0.1, -0.05) is 17.1 Å². The molecule has 2 aliphatic heterocycles. The van der Waals surface area contributed by atoms with Crippen LogP contribution in [0.15, 0.2) is 10.6 Å². The zero-order valence-electron chi connectivity index (χ0n) is 18.0. The number of hydroxylamine groups is 1. The molecule has 5 aliphatic rings. The van der Waals surface area contributed by atoms with Crippen LogP contribution in [-0.2, 0) is 24.8 Å². The Balaban J connectivity index is 1.43. The second kappa shape index (κ2) is 8.08. The molecular weight excluding hydrogens is 406 g/mol. The summed E-state index contributed by atoms with van der Waals surface area (Å²) in [6, 6.07) is 0.694. The molecule has 4 fully saturated rings.